The molecule has 1 N–H and O–H groups in total. The Labute approximate surface area is 126 Å². The number of benzene rings is 1. The van der Waals surface area contributed by atoms with Crippen LogP contribution < -0.4 is 5.32 Å². The van der Waals surface area contributed by atoms with Crippen LogP contribution in [0.2, 0.25) is 0 Å². The number of anilines is 1. The molecule has 5 nitrogen and oxygen atoms in total. The van der Waals surface area contributed by atoms with Gasteiger partial charge in [0.1, 0.15) is 11.6 Å². The Morgan fingerprint density at radius 3 is 2.95 bits per heavy atom. The van der Waals surface area contributed by atoms with E-state index in [2.05, 4.69) is 34.6 Å². The van der Waals surface area contributed by atoms with Gasteiger partial charge in [-0.1, -0.05) is 29.9 Å². The fourth-order valence-corrected chi connectivity index (χ4v) is 2.91. The lowest BCUT2D eigenvalue weighted by Crippen LogP contribution is -2.18. The SMILES string of the molecule is CCc1nnc(NC(=O)Cn2ccc3cc(C)ccc32)s1. The van der Waals surface area contributed by atoms with Crippen molar-refractivity contribution in [3.8, 4) is 0 Å². The van der Waals surface area contributed by atoms with Crippen molar-refractivity contribution in [3.63, 3.8) is 0 Å². The van der Waals surface area contributed by atoms with Gasteiger partial charge in [-0.3, -0.25) is 10.1 Å². The highest BCUT2D eigenvalue weighted by Gasteiger charge is 2.09. The molecule has 0 unspecified atom stereocenters. The molecule has 0 fully saturated rings. The maximum atomic E-state index is 12.1. The number of hydrogen-bond acceptors (Lipinski definition) is 4. The molecule has 3 rings (SSSR count). The quantitative estimate of drug-likeness (QED) is 0.805. The van der Waals surface area contributed by atoms with Crippen molar-refractivity contribution in [2.24, 2.45) is 0 Å². The number of carbonyl (C=O) groups excluding carboxylic acids is 1. The van der Waals surface area contributed by atoms with Crippen molar-refractivity contribution in [1.29, 1.82) is 0 Å². The molecule has 0 aliphatic rings. The molecule has 0 aliphatic heterocycles. The molecule has 0 atom stereocenters. The summed E-state index contributed by atoms with van der Waals surface area (Å²) in [6.07, 6.45) is 2.76. The van der Waals surface area contributed by atoms with Crippen LogP contribution in [-0.2, 0) is 17.8 Å². The molecule has 0 saturated carbocycles. The number of fused-ring (bicyclic) bond motifs is 1. The number of rotatable bonds is 4. The number of hydrogen-bond donors (Lipinski definition) is 1. The molecule has 21 heavy (non-hydrogen) atoms. The van der Waals surface area contributed by atoms with E-state index >= 15 is 0 Å². The van der Waals surface area contributed by atoms with Crippen LogP contribution in [0.5, 0.6) is 0 Å². The number of carbonyl (C=O) groups is 1. The molecule has 2 heterocycles. The predicted molar refractivity (Wildman–Crippen MR) is 84.6 cm³/mol. The Morgan fingerprint density at radius 2 is 2.19 bits per heavy atom. The molecule has 1 aromatic carbocycles. The van der Waals surface area contributed by atoms with Gasteiger partial charge < -0.3 is 4.57 Å². The zero-order valence-corrected chi connectivity index (χ0v) is 12.8. The summed E-state index contributed by atoms with van der Waals surface area (Å²) in [5.74, 6) is -0.0909. The van der Waals surface area contributed by atoms with Crippen LogP contribution in [0.25, 0.3) is 10.9 Å². The lowest BCUT2D eigenvalue weighted by molar-refractivity contribution is -0.116. The van der Waals surface area contributed by atoms with Crippen molar-refractivity contribution in [3.05, 3.63) is 41.0 Å². The fourth-order valence-electron chi connectivity index (χ4n) is 2.22. The molecule has 0 aliphatic carbocycles. The largest absolute Gasteiger partial charge is 0.338 e. The first-order chi connectivity index (χ1) is 10.2. The first-order valence-electron chi connectivity index (χ1n) is 6.83. The number of nitrogens with zero attached hydrogens (tertiary/aromatic N) is 3. The van der Waals surface area contributed by atoms with Gasteiger partial charge in [0.25, 0.3) is 0 Å². The summed E-state index contributed by atoms with van der Waals surface area (Å²) in [7, 11) is 0. The van der Waals surface area contributed by atoms with Crippen molar-refractivity contribution in [2.75, 3.05) is 5.32 Å². The number of amides is 1. The molecule has 0 saturated heterocycles. The molecule has 0 spiro atoms. The minimum atomic E-state index is -0.0909. The number of aromatic nitrogens is 3. The van der Waals surface area contributed by atoms with Gasteiger partial charge in [-0.15, -0.1) is 10.2 Å². The molecule has 3 aromatic rings. The first-order valence-corrected chi connectivity index (χ1v) is 7.65. The zero-order chi connectivity index (χ0) is 14.8. The van der Waals surface area contributed by atoms with Crippen LogP contribution in [0.3, 0.4) is 0 Å². The second-order valence-electron chi connectivity index (χ2n) is 4.91. The highest BCUT2D eigenvalue weighted by Crippen LogP contribution is 2.18. The van der Waals surface area contributed by atoms with Crippen molar-refractivity contribution in [2.45, 2.75) is 26.8 Å². The smallest absolute Gasteiger partial charge is 0.246 e. The third kappa shape index (κ3) is 2.95. The van der Waals surface area contributed by atoms with Crippen LogP contribution >= 0.6 is 11.3 Å². The molecule has 2 aromatic heterocycles. The standard InChI is InChI=1S/C15H16N4OS/c1-3-14-17-18-15(21-14)16-13(20)9-19-7-6-11-8-10(2)4-5-12(11)19/h4-8H,3,9H2,1-2H3,(H,16,18,20). The van der Waals surface area contributed by atoms with Gasteiger partial charge in [-0.25, -0.2) is 0 Å². The lowest BCUT2D eigenvalue weighted by atomic mass is 10.2. The van der Waals surface area contributed by atoms with Gasteiger partial charge in [0.05, 0.1) is 0 Å². The van der Waals surface area contributed by atoms with Gasteiger partial charge in [0, 0.05) is 11.7 Å². The van der Waals surface area contributed by atoms with E-state index in [0.717, 1.165) is 22.3 Å². The second-order valence-corrected chi connectivity index (χ2v) is 5.97. The molecule has 0 radical (unpaired) electrons. The first kappa shape index (κ1) is 13.8. The summed E-state index contributed by atoms with van der Waals surface area (Å²) in [5.41, 5.74) is 2.27. The maximum Gasteiger partial charge on any atom is 0.246 e. The Kier molecular flexibility index (Phi) is 3.70. The van der Waals surface area contributed by atoms with E-state index in [0.29, 0.717) is 5.13 Å². The Morgan fingerprint density at radius 1 is 1.33 bits per heavy atom. The van der Waals surface area contributed by atoms with Gasteiger partial charge >= 0.3 is 0 Å². The summed E-state index contributed by atoms with van der Waals surface area (Å²) < 4.78 is 1.94. The van der Waals surface area contributed by atoms with Gasteiger partial charge in [-0.2, -0.15) is 0 Å². The molecular weight excluding hydrogens is 284 g/mol. The minimum absolute atomic E-state index is 0.0909. The van der Waals surface area contributed by atoms with Crippen LogP contribution in [0.4, 0.5) is 5.13 Å². The van der Waals surface area contributed by atoms with Gasteiger partial charge in [0.2, 0.25) is 11.0 Å². The van der Waals surface area contributed by atoms with Crippen molar-refractivity contribution in [1.82, 2.24) is 14.8 Å². The summed E-state index contributed by atoms with van der Waals surface area (Å²) in [6, 6.07) is 8.23. The molecular formula is C15H16N4OS. The Hall–Kier alpha value is -2.21. The fraction of sp³-hybridized carbons (Fsp3) is 0.267. The maximum absolute atomic E-state index is 12.1. The minimum Gasteiger partial charge on any atom is -0.338 e. The van der Waals surface area contributed by atoms with E-state index in [-0.39, 0.29) is 12.5 Å². The number of nitrogens with one attached hydrogen (secondary N) is 1. The average molecular weight is 300 g/mol. The Bertz CT molecular complexity index is 790. The lowest BCUT2D eigenvalue weighted by Gasteiger charge is -2.05. The summed E-state index contributed by atoms with van der Waals surface area (Å²) in [5, 5.41) is 13.4. The van der Waals surface area contributed by atoms with Crippen LogP contribution in [0, 0.1) is 6.92 Å². The second kappa shape index (κ2) is 5.65. The highest BCUT2D eigenvalue weighted by atomic mass is 32.1. The monoisotopic (exact) mass is 300 g/mol. The number of aryl methyl sites for hydroxylation is 2. The van der Waals surface area contributed by atoms with E-state index < -0.39 is 0 Å². The molecule has 108 valence electrons. The highest BCUT2D eigenvalue weighted by molar-refractivity contribution is 7.15. The van der Waals surface area contributed by atoms with Gasteiger partial charge in [-0.05, 0) is 36.9 Å². The van der Waals surface area contributed by atoms with Crippen molar-refractivity contribution < 1.29 is 4.79 Å². The van der Waals surface area contributed by atoms with E-state index in [1.807, 2.05) is 29.8 Å². The van der Waals surface area contributed by atoms with E-state index in [4.69, 9.17) is 0 Å². The molecule has 6 heteroatoms. The molecule has 0 bridgehead atoms. The van der Waals surface area contributed by atoms with Crippen molar-refractivity contribution >= 4 is 33.3 Å². The third-order valence-corrected chi connectivity index (χ3v) is 4.24. The van der Waals surface area contributed by atoms with E-state index in [1.54, 1.807) is 0 Å². The Balaban J connectivity index is 1.74. The summed E-state index contributed by atoms with van der Waals surface area (Å²) in [4.78, 5) is 12.1. The van der Waals surface area contributed by atoms with Gasteiger partial charge in [0.15, 0.2) is 0 Å². The summed E-state index contributed by atoms with van der Waals surface area (Å²) in [6.45, 7) is 4.35. The normalized spacial score (nSPS) is 11.0. The summed E-state index contributed by atoms with van der Waals surface area (Å²) >= 11 is 1.42. The van der Waals surface area contributed by atoms with E-state index in [9.17, 15) is 4.79 Å². The van der Waals surface area contributed by atoms with Crippen LogP contribution in [0.15, 0.2) is 30.5 Å². The molecule has 1 amide bonds. The third-order valence-electron chi connectivity index (χ3n) is 3.26. The topological polar surface area (TPSA) is 59.8 Å². The van der Waals surface area contributed by atoms with Crippen LogP contribution in [0.1, 0.15) is 17.5 Å². The predicted octanol–water partition coefficient (Wildman–Crippen LogP) is 3.00. The van der Waals surface area contributed by atoms with E-state index in [1.165, 1.54) is 16.9 Å². The average Bonchev–Trinajstić information content (AvgIpc) is 3.06. The zero-order valence-electron chi connectivity index (χ0n) is 12.0. The van der Waals surface area contributed by atoms with Crippen LogP contribution in [-0.4, -0.2) is 20.7 Å².